The minimum atomic E-state index is -4.40. The lowest BCUT2D eigenvalue weighted by atomic mass is 10.1. The van der Waals surface area contributed by atoms with Crippen molar-refractivity contribution in [1.29, 1.82) is 0 Å². The van der Waals surface area contributed by atoms with Crippen LogP contribution < -0.4 is 5.32 Å². The molecule has 0 fully saturated rings. The molecule has 1 aromatic carbocycles. The summed E-state index contributed by atoms with van der Waals surface area (Å²) in [6.45, 7) is 1.84. The summed E-state index contributed by atoms with van der Waals surface area (Å²) in [4.78, 5) is 16.6. The molecular formula is C12H9F3N2OS. The van der Waals surface area contributed by atoms with Crippen LogP contribution in [-0.2, 0) is 6.18 Å². The second kappa shape index (κ2) is 5.00. The van der Waals surface area contributed by atoms with Crippen molar-refractivity contribution in [3.8, 4) is 0 Å². The number of anilines is 1. The quantitative estimate of drug-likeness (QED) is 0.914. The van der Waals surface area contributed by atoms with Crippen molar-refractivity contribution >= 4 is 22.4 Å². The van der Waals surface area contributed by atoms with Gasteiger partial charge in [0.05, 0.1) is 5.56 Å². The minimum Gasteiger partial charge on any atom is -0.298 e. The molecule has 3 nitrogen and oxygen atoms in total. The van der Waals surface area contributed by atoms with Gasteiger partial charge in [0, 0.05) is 16.6 Å². The number of benzene rings is 1. The van der Waals surface area contributed by atoms with E-state index >= 15 is 0 Å². The van der Waals surface area contributed by atoms with Crippen molar-refractivity contribution in [1.82, 2.24) is 4.98 Å². The number of carbonyl (C=O) groups is 1. The van der Waals surface area contributed by atoms with E-state index in [2.05, 4.69) is 10.3 Å². The summed E-state index contributed by atoms with van der Waals surface area (Å²) < 4.78 is 37.1. The average molecular weight is 286 g/mol. The molecular weight excluding hydrogens is 277 g/mol. The first-order valence-electron chi connectivity index (χ1n) is 5.27. The third kappa shape index (κ3) is 3.31. The van der Waals surface area contributed by atoms with Crippen LogP contribution in [0.2, 0.25) is 0 Å². The molecule has 0 bridgehead atoms. The number of aromatic nitrogens is 1. The van der Waals surface area contributed by atoms with E-state index in [0.29, 0.717) is 5.13 Å². The van der Waals surface area contributed by atoms with Gasteiger partial charge in [-0.3, -0.25) is 10.1 Å². The van der Waals surface area contributed by atoms with Gasteiger partial charge in [-0.05, 0) is 31.2 Å². The monoisotopic (exact) mass is 286 g/mol. The number of thiazole rings is 1. The highest BCUT2D eigenvalue weighted by Crippen LogP contribution is 2.29. The highest BCUT2D eigenvalue weighted by molar-refractivity contribution is 7.15. The van der Waals surface area contributed by atoms with Crippen LogP contribution in [0.3, 0.4) is 0 Å². The molecule has 1 heterocycles. The lowest BCUT2D eigenvalue weighted by Gasteiger charge is -2.07. The predicted octanol–water partition coefficient (Wildman–Crippen LogP) is 3.72. The lowest BCUT2D eigenvalue weighted by molar-refractivity contribution is -0.137. The van der Waals surface area contributed by atoms with Crippen molar-refractivity contribution in [3.63, 3.8) is 0 Å². The number of alkyl halides is 3. The van der Waals surface area contributed by atoms with Gasteiger partial charge in [-0.15, -0.1) is 11.3 Å². The molecule has 0 radical (unpaired) electrons. The van der Waals surface area contributed by atoms with Gasteiger partial charge >= 0.3 is 6.18 Å². The molecule has 0 saturated heterocycles. The van der Waals surface area contributed by atoms with Gasteiger partial charge in [0.25, 0.3) is 5.91 Å². The van der Waals surface area contributed by atoms with Crippen molar-refractivity contribution in [2.24, 2.45) is 0 Å². The second-order valence-electron chi connectivity index (χ2n) is 3.81. The first-order valence-corrected chi connectivity index (χ1v) is 6.09. The van der Waals surface area contributed by atoms with Gasteiger partial charge in [0.2, 0.25) is 0 Å². The van der Waals surface area contributed by atoms with Gasteiger partial charge in [-0.1, -0.05) is 0 Å². The Morgan fingerprint density at radius 2 is 1.89 bits per heavy atom. The average Bonchev–Trinajstić information content (AvgIpc) is 2.74. The summed E-state index contributed by atoms with van der Waals surface area (Å²) >= 11 is 1.30. The summed E-state index contributed by atoms with van der Waals surface area (Å²) in [6, 6.07) is 4.03. The van der Waals surface area contributed by atoms with Gasteiger partial charge < -0.3 is 0 Å². The highest BCUT2D eigenvalue weighted by Gasteiger charge is 2.30. The van der Waals surface area contributed by atoms with Gasteiger partial charge in [0.15, 0.2) is 5.13 Å². The predicted molar refractivity (Wildman–Crippen MR) is 66.2 cm³/mol. The fourth-order valence-electron chi connectivity index (χ4n) is 1.39. The maximum atomic E-state index is 12.4. The molecule has 0 saturated carbocycles. The molecule has 0 atom stereocenters. The van der Waals surface area contributed by atoms with Crippen molar-refractivity contribution in [2.75, 3.05) is 5.32 Å². The maximum Gasteiger partial charge on any atom is 0.416 e. The minimum absolute atomic E-state index is 0.154. The zero-order valence-electron chi connectivity index (χ0n) is 9.78. The van der Waals surface area contributed by atoms with Gasteiger partial charge in [0.1, 0.15) is 0 Å². The van der Waals surface area contributed by atoms with Crippen molar-refractivity contribution < 1.29 is 18.0 Å². The summed E-state index contributed by atoms with van der Waals surface area (Å²) in [6.07, 6.45) is -2.80. The van der Waals surface area contributed by atoms with Crippen LogP contribution in [0.4, 0.5) is 18.3 Å². The van der Waals surface area contributed by atoms with Crippen LogP contribution in [0.15, 0.2) is 30.5 Å². The largest absolute Gasteiger partial charge is 0.416 e. The van der Waals surface area contributed by atoms with Crippen molar-refractivity contribution in [3.05, 3.63) is 46.5 Å². The van der Waals surface area contributed by atoms with Crippen molar-refractivity contribution in [2.45, 2.75) is 13.1 Å². The Balaban J connectivity index is 2.12. The molecule has 0 unspecified atom stereocenters. The van der Waals surface area contributed by atoms with E-state index in [1.165, 1.54) is 11.3 Å². The molecule has 2 rings (SSSR count). The Hall–Kier alpha value is -1.89. The summed E-state index contributed by atoms with van der Waals surface area (Å²) in [5, 5.41) is 2.94. The van der Waals surface area contributed by atoms with Crippen LogP contribution in [0, 0.1) is 6.92 Å². The molecule has 19 heavy (non-hydrogen) atoms. The van der Waals surface area contributed by atoms with Gasteiger partial charge in [-0.2, -0.15) is 13.2 Å². The molecule has 0 aliphatic rings. The smallest absolute Gasteiger partial charge is 0.298 e. The Labute approximate surface area is 111 Å². The number of hydrogen-bond acceptors (Lipinski definition) is 3. The van der Waals surface area contributed by atoms with Gasteiger partial charge in [-0.25, -0.2) is 4.98 Å². The molecule has 0 aliphatic heterocycles. The van der Waals surface area contributed by atoms with Crippen LogP contribution in [0.25, 0.3) is 0 Å². The molecule has 1 amide bonds. The third-order valence-corrected chi connectivity index (χ3v) is 3.14. The normalized spacial score (nSPS) is 11.4. The van der Waals surface area contributed by atoms with E-state index in [-0.39, 0.29) is 5.56 Å². The van der Waals surface area contributed by atoms with Crippen LogP contribution >= 0.6 is 11.3 Å². The fourth-order valence-corrected chi connectivity index (χ4v) is 2.05. The molecule has 7 heteroatoms. The molecule has 0 aliphatic carbocycles. The Kier molecular flexibility index (Phi) is 3.57. The lowest BCUT2D eigenvalue weighted by Crippen LogP contribution is -2.12. The summed E-state index contributed by atoms with van der Waals surface area (Å²) in [5.74, 6) is -0.483. The van der Waals surface area contributed by atoms with Crippen LogP contribution in [-0.4, -0.2) is 10.9 Å². The molecule has 1 N–H and O–H groups in total. The van der Waals surface area contributed by atoms with E-state index in [1.54, 1.807) is 6.20 Å². The Morgan fingerprint density at radius 1 is 1.26 bits per heavy atom. The van der Waals surface area contributed by atoms with E-state index in [0.717, 1.165) is 29.1 Å². The standard InChI is InChI=1S/C12H9F3N2OS/c1-7-6-16-11(19-7)17-10(18)8-2-4-9(5-3-8)12(13,14)15/h2-6H,1H3,(H,16,17,18). The summed E-state index contributed by atoms with van der Waals surface area (Å²) in [5.41, 5.74) is -0.630. The third-order valence-electron chi connectivity index (χ3n) is 2.32. The molecule has 0 spiro atoms. The Bertz CT molecular complexity index is 590. The number of rotatable bonds is 2. The zero-order valence-corrected chi connectivity index (χ0v) is 10.6. The second-order valence-corrected chi connectivity index (χ2v) is 5.04. The molecule has 1 aromatic heterocycles. The van der Waals surface area contributed by atoms with Crippen LogP contribution in [0.5, 0.6) is 0 Å². The van der Waals surface area contributed by atoms with Crippen LogP contribution in [0.1, 0.15) is 20.8 Å². The molecule has 100 valence electrons. The number of nitrogens with one attached hydrogen (secondary N) is 1. The number of aryl methyl sites for hydroxylation is 1. The zero-order chi connectivity index (χ0) is 14.0. The fraction of sp³-hybridized carbons (Fsp3) is 0.167. The maximum absolute atomic E-state index is 12.4. The highest BCUT2D eigenvalue weighted by atomic mass is 32.1. The number of nitrogens with zero attached hydrogens (tertiary/aromatic N) is 1. The number of halogens is 3. The summed E-state index contributed by atoms with van der Waals surface area (Å²) in [7, 11) is 0. The number of carbonyl (C=O) groups excluding carboxylic acids is 1. The first kappa shape index (κ1) is 13.5. The Morgan fingerprint density at radius 3 is 2.37 bits per heavy atom. The van der Waals surface area contributed by atoms with E-state index in [1.807, 2.05) is 6.92 Å². The topological polar surface area (TPSA) is 42.0 Å². The molecule has 2 aromatic rings. The van der Waals surface area contributed by atoms with E-state index in [4.69, 9.17) is 0 Å². The first-order chi connectivity index (χ1) is 8.86. The van der Waals surface area contributed by atoms with E-state index < -0.39 is 17.6 Å². The number of amides is 1. The number of hydrogen-bond donors (Lipinski definition) is 1. The van der Waals surface area contributed by atoms with E-state index in [9.17, 15) is 18.0 Å². The SMILES string of the molecule is Cc1cnc(NC(=O)c2ccc(C(F)(F)F)cc2)s1.